The minimum absolute atomic E-state index is 0.157. The highest BCUT2D eigenvalue weighted by molar-refractivity contribution is 7.09. The maximum atomic E-state index is 12.6. The Morgan fingerprint density at radius 2 is 2.25 bits per heavy atom. The van der Waals surface area contributed by atoms with Crippen LogP contribution in [0.1, 0.15) is 40.3 Å². The Balaban J connectivity index is 1.34. The number of nitrogens with zero attached hydrogens (tertiary/aromatic N) is 4. The van der Waals surface area contributed by atoms with Gasteiger partial charge in [0.25, 0.3) is 5.91 Å². The Morgan fingerprint density at radius 3 is 2.88 bits per heavy atom. The summed E-state index contributed by atoms with van der Waals surface area (Å²) in [5.74, 6) is 0.157. The summed E-state index contributed by atoms with van der Waals surface area (Å²) in [6.45, 7) is 4.59. The summed E-state index contributed by atoms with van der Waals surface area (Å²) in [6.07, 6.45) is 5.36. The van der Waals surface area contributed by atoms with Crippen LogP contribution in [0.4, 0.5) is 0 Å². The average molecular weight is 363 g/mol. The van der Waals surface area contributed by atoms with Crippen LogP contribution in [-0.4, -0.2) is 51.2 Å². The van der Waals surface area contributed by atoms with E-state index in [0.29, 0.717) is 11.5 Å². The fraction of sp³-hybridized carbons (Fsp3) is 0.588. The molecule has 2 aliphatic rings. The maximum absolute atomic E-state index is 12.6. The van der Waals surface area contributed by atoms with Gasteiger partial charge in [0.15, 0.2) is 0 Å². The first-order chi connectivity index (χ1) is 11.6. The highest BCUT2D eigenvalue weighted by Crippen LogP contribution is 2.56. The molecule has 4 rings (SSSR count). The Labute approximate surface area is 150 Å². The van der Waals surface area contributed by atoms with Crippen molar-refractivity contribution in [3.05, 3.63) is 33.2 Å². The van der Waals surface area contributed by atoms with Crippen molar-refractivity contribution in [2.24, 2.45) is 5.41 Å². The van der Waals surface area contributed by atoms with E-state index in [-0.39, 0.29) is 5.91 Å². The van der Waals surface area contributed by atoms with Crippen LogP contribution in [0.15, 0.2) is 17.0 Å². The molecular formula is C17H22N4OS2. The van der Waals surface area contributed by atoms with Crippen LogP contribution in [-0.2, 0) is 6.54 Å². The molecule has 2 aromatic rings. The minimum atomic E-state index is 0.157. The normalized spacial score (nSPS) is 22.3. The van der Waals surface area contributed by atoms with E-state index in [1.54, 1.807) is 11.3 Å². The van der Waals surface area contributed by atoms with Crippen molar-refractivity contribution in [3.8, 4) is 0 Å². The summed E-state index contributed by atoms with van der Waals surface area (Å²) in [4.78, 5) is 21.5. The second-order valence-electron chi connectivity index (χ2n) is 7.03. The van der Waals surface area contributed by atoms with Crippen molar-refractivity contribution in [1.29, 1.82) is 0 Å². The summed E-state index contributed by atoms with van der Waals surface area (Å²) < 4.78 is 4.23. The predicted octanol–water partition coefficient (Wildman–Crippen LogP) is 3.03. The predicted molar refractivity (Wildman–Crippen MR) is 96.4 cm³/mol. The van der Waals surface area contributed by atoms with E-state index in [9.17, 15) is 4.79 Å². The van der Waals surface area contributed by atoms with Gasteiger partial charge in [0.1, 0.15) is 5.01 Å². The van der Waals surface area contributed by atoms with Crippen LogP contribution < -0.4 is 0 Å². The highest BCUT2D eigenvalue weighted by Gasteiger charge is 2.56. The van der Waals surface area contributed by atoms with Crippen LogP contribution >= 0.6 is 22.9 Å². The van der Waals surface area contributed by atoms with Gasteiger partial charge in [-0.25, -0.2) is 4.98 Å². The number of rotatable bonds is 4. The first-order valence-electron chi connectivity index (χ1n) is 8.38. The zero-order valence-corrected chi connectivity index (χ0v) is 15.7. The van der Waals surface area contributed by atoms with Crippen molar-refractivity contribution < 1.29 is 4.79 Å². The molecule has 1 atom stereocenters. The number of aromatic nitrogens is 2. The maximum Gasteiger partial charge on any atom is 0.256 e. The number of carbonyl (C=O) groups excluding carboxylic acids is 1. The largest absolute Gasteiger partial charge is 0.339 e. The van der Waals surface area contributed by atoms with Crippen molar-refractivity contribution in [1.82, 2.24) is 19.2 Å². The molecule has 1 spiro atoms. The van der Waals surface area contributed by atoms with Gasteiger partial charge in [-0.3, -0.25) is 9.69 Å². The Bertz CT molecular complexity index is 719. The van der Waals surface area contributed by atoms with Crippen molar-refractivity contribution in [2.45, 2.75) is 38.8 Å². The molecule has 0 aromatic carbocycles. The zero-order chi connectivity index (χ0) is 16.7. The number of amides is 1. The van der Waals surface area contributed by atoms with E-state index >= 15 is 0 Å². The number of hydrogen-bond donors (Lipinski definition) is 0. The molecule has 1 amide bonds. The number of carbonyl (C=O) groups is 1. The molecular weight excluding hydrogens is 340 g/mol. The molecule has 7 heteroatoms. The lowest BCUT2D eigenvalue weighted by Crippen LogP contribution is -2.41. The lowest BCUT2D eigenvalue weighted by molar-refractivity contribution is 0.0657. The molecule has 1 saturated carbocycles. The molecule has 1 aliphatic carbocycles. The first kappa shape index (κ1) is 16.2. The van der Waals surface area contributed by atoms with Gasteiger partial charge in [-0.1, -0.05) is 0 Å². The summed E-state index contributed by atoms with van der Waals surface area (Å²) in [6, 6.07) is 0.642. The number of likely N-dealkylation sites (tertiary alicyclic amines) is 1. The van der Waals surface area contributed by atoms with Gasteiger partial charge in [-0.15, -0.1) is 11.3 Å². The molecule has 128 valence electrons. The molecule has 0 bridgehead atoms. The number of hydrogen-bond acceptors (Lipinski definition) is 6. The SMILES string of the molecule is Cc1nscc1C(=O)N1CCC2(CC1)CC2N(C)Cc1nccs1. The fourth-order valence-electron chi connectivity index (χ4n) is 3.96. The lowest BCUT2D eigenvalue weighted by atomic mass is 9.92. The van der Waals surface area contributed by atoms with E-state index < -0.39 is 0 Å². The second kappa shape index (κ2) is 6.20. The van der Waals surface area contributed by atoms with E-state index in [0.717, 1.165) is 43.7 Å². The molecule has 1 aliphatic heterocycles. The summed E-state index contributed by atoms with van der Waals surface area (Å²) in [5.41, 5.74) is 2.06. The van der Waals surface area contributed by atoms with Crippen molar-refractivity contribution in [2.75, 3.05) is 20.1 Å². The van der Waals surface area contributed by atoms with E-state index in [4.69, 9.17) is 0 Å². The molecule has 0 N–H and O–H groups in total. The van der Waals surface area contributed by atoms with Crippen molar-refractivity contribution >= 4 is 28.8 Å². The third-order valence-electron chi connectivity index (χ3n) is 5.57. The third-order valence-corrected chi connectivity index (χ3v) is 7.06. The van der Waals surface area contributed by atoms with E-state index in [2.05, 4.69) is 21.3 Å². The smallest absolute Gasteiger partial charge is 0.256 e. The standard InChI is InChI=1S/C17H22N4OS2/c1-12-13(11-24-19-12)16(22)21-6-3-17(4-7-21)9-14(17)20(2)10-15-18-5-8-23-15/h5,8,11,14H,3-4,6-7,9-10H2,1-2H3. The fourth-order valence-corrected chi connectivity index (χ4v) is 5.33. The Morgan fingerprint density at radius 1 is 1.46 bits per heavy atom. The molecule has 24 heavy (non-hydrogen) atoms. The highest BCUT2D eigenvalue weighted by atomic mass is 32.1. The van der Waals surface area contributed by atoms with E-state index in [1.807, 2.05) is 28.8 Å². The van der Waals surface area contributed by atoms with Crippen LogP contribution in [0.3, 0.4) is 0 Å². The van der Waals surface area contributed by atoms with Crippen LogP contribution in [0.5, 0.6) is 0 Å². The van der Waals surface area contributed by atoms with E-state index in [1.165, 1.54) is 23.0 Å². The number of thiazole rings is 1. The number of piperidine rings is 1. The van der Waals surface area contributed by atoms with Gasteiger partial charge in [-0.05, 0) is 50.2 Å². The van der Waals surface area contributed by atoms with Crippen LogP contribution in [0.25, 0.3) is 0 Å². The van der Waals surface area contributed by atoms with Gasteiger partial charge in [-0.2, -0.15) is 4.37 Å². The average Bonchev–Trinajstić information content (AvgIpc) is 2.94. The number of aryl methyl sites for hydroxylation is 1. The van der Waals surface area contributed by atoms with Gasteiger partial charge in [0.2, 0.25) is 0 Å². The van der Waals surface area contributed by atoms with Gasteiger partial charge in [0.05, 0.1) is 17.8 Å². The summed E-state index contributed by atoms with van der Waals surface area (Å²) >= 11 is 3.09. The van der Waals surface area contributed by atoms with Gasteiger partial charge < -0.3 is 4.90 Å². The minimum Gasteiger partial charge on any atom is -0.339 e. The molecule has 3 heterocycles. The Kier molecular flexibility index (Phi) is 4.18. The zero-order valence-electron chi connectivity index (χ0n) is 14.1. The van der Waals surface area contributed by atoms with Crippen molar-refractivity contribution in [3.63, 3.8) is 0 Å². The third kappa shape index (κ3) is 2.89. The molecule has 2 aromatic heterocycles. The van der Waals surface area contributed by atoms with Gasteiger partial charge in [0, 0.05) is 36.1 Å². The molecule has 0 radical (unpaired) electrons. The van der Waals surface area contributed by atoms with Gasteiger partial charge >= 0.3 is 0 Å². The van der Waals surface area contributed by atoms with Crippen LogP contribution in [0, 0.1) is 12.3 Å². The summed E-state index contributed by atoms with van der Waals surface area (Å²) in [5, 5.41) is 5.11. The molecule has 1 unspecified atom stereocenters. The summed E-state index contributed by atoms with van der Waals surface area (Å²) in [7, 11) is 2.21. The molecule has 5 nitrogen and oxygen atoms in total. The molecule has 1 saturated heterocycles. The van der Waals surface area contributed by atoms with Crippen LogP contribution in [0.2, 0.25) is 0 Å². The topological polar surface area (TPSA) is 49.3 Å². The molecule has 2 fully saturated rings. The lowest BCUT2D eigenvalue weighted by Gasteiger charge is -2.34. The monoisotopic (exact) mass is 362 g/mol. The Hall–Kier alpha value is -1.31. The first-order valence-corrected chi connectivity index (χ1v) is 10.1. The second-order valence-corrected chi connectivity index (χ2v) is 8.64. The quantitative estimate of drug-likeness (QED) is 0.839.